The smallest absolute Gasteiger partial charge is 0.306 e. The van der Waals surface area contributed by atoms with E-state index in [4.69, 9.17) is 4.74 Å². The van der Waals surface area contributed by atoms with Crippen molar-refractivity contribution >= 4 is 5.97 Å². The lowest BCUT2D eigenvalue weighted by Crippen LogP contribution is -2.10. The Morgan fingerprint density at radius 1 is 1.22 bits per heavy atom. The Hall–Kier alpha value is -3.81. The first-order valence-corrected chi connectivity index (χ1v) is 12.7. The predicted octanol–water partition coefficient (Wildman–Crippen LogP) is 5.48. The van der Waals surface area contributed by atoms with Gasteiger partial charge in [0.25, 0.3) is 0 Å². The molecule has 1 aromatic heterocycles. The first-order chi connectivity index (χ1) is 17.8. The van der Waals surface area contributed by atoms with E-state index in [1.54, 1.807) is 13.1 Å². The summed E-state index contributed by atoms with van der Waals surface area (Å²) >= 11 is 0. The molecule has 0 bridgehead atoms. The van der Waals surface area contributed by atoms with E-state index >= 15 is 4.39 Å². The summed E-state index contributed by atoms with van der Waals surface area (Å²) in [5, 5.41) is 21.6. The van der Waals surface area contributed by atoms with Crippen LogP contribution in [0.4, 0.5) is 4.39 Å². The van der Waals surface area contributed by atoms with Gasteiger partial charge in [-0.2, -0.15) is 4.80 Å². The van der Waals surface area contributed by atoms with Crippen molar-refractivity contribution in [3.63, 3.8) is 0 Å². The highest BCUT2D eigenvalue weighted by Gasteiger charge is 2.47. The molecule has 0 radical (unpaired) electrons. The number of carbonyl (C=O) groups is 1. The Bertz CT molecular complexity index is 1450. The second-order valence-electron chi connectivity index (χ2n) is 10.4. The number of benzene rings is 2. The highest BCUT2D eigenvalue weighted by atomic mass is 19.1. The van der Waals surface area contributed by atoms with Crippen LogP contribution in [-0.2, 0) is 23.0 Å². The molecule has 37 heavy (non-hydrogen) atoms. The standard InChI is InChI=1S/C29H29FN4O3/c1-15-12-18(28-31-33-34(3)32-28)13-16(2)26(15)20-8-10-24(30)27-21(20)9-11-25(27)37-19-6-4-17(5-7-19)22-14-23(22)29(35)36/h4,6-8,10,12-13,17,22-23,25H,5,9,11,14H2,1-3H3,(H,35,36)/t17?,22-,23+,25-/m1/s1. The van der Waals surface area contributed by atoms with Crippen molar-refractivity contribution in [1.29, 1.82) is 0 Å². The zero-order chi connectivity index (χ0) is 25.8. The molecule has 3 aliphatic carbocycles. The lowest BCUT2D eigenvalue weighted by molar-refractivity contribution is -0.139. The largest absolute Gasteiger partial charge is 0.486 e. The maximum atomic E-state index is 15.2. The molecule has 0 spiro atoms. The Balaban J connectivity index is 1.25. The summed E-state index contributed by atoms with van der Waals surface area (Å²) in [7, 11) is 1.74. The Labute approximate surface area is 214 Å². The predicted molar refractivity (Wildman–Crippen MR) is 136 cm³/mol. The molecule has 1 heterocycles. The van der Waals surface area contributed by atoms with E-state index in [0.29, 0.717) is 17.8 Å². The van der Waals surface area contributed by atoms with Crippen LogP contribution in [0.15, 0.2) is 48.3 Å². The molecule has 7 nitrogen and oxygen atoms in total. The highest BCUT2D eigenvalue weighted by molar-refractivity contribution is 5.78. The Morgan fingerprint density at radius 3 is 2.62 bits per heavy atom. The van der Waals surface area contributed by atoms with E-state index in [1.807, 2.05) is 18.2 Å². The number of ether oxygens (including phenoxy) is 1. The van der Waals surface area contributed by atoms with E-state index in [0.717, 1.165) is 58.4 Å². The van der Waals surface area contributed by atoms with Gasteiger partial charge in [-0.05, 0) is 115 Å². The SMILES string of the molecule is Cc1cc(-c2nnn(C)n2)cc(C)c1-c1ccc(F)c2c1CC[C@H]2OC1=CCC([C@H]2C[C@@H]2C(=O)O)C=C1. The number of aliphatic carboxylic acids is 1. The number of hydrogen-bond acceptors (Lipinski definition) is 5. The summed E-state index contributed by atoms with van der Waals surface area (Å²) in [6, 6.07) is 7.54. The number of aryl methyl sites for hydroxylation is 3. The summed E-state index contributed by atoms with van der Waals surface area (Å²) in [5.74, 6) is 0.591. The third-order valence-corrected chi connectivity index (χ3v) is 7.94. The van der Waals surface area contributed by atoms with Crippen LogP contribution >= 0.6 is 0 Å². The van der Waals surface area contributed by atoms with Gasteiger partial charge in [0.1, 0.15) is 17.7 Å². The molecule has 1 saturated carbocycles. The number of tetrazole rings is 1. The Morgan fingerprint density at radius 2 is 2.00 bits per heavy atom. The van der Waals surface area contributed by atoms with Crippen molar-refractivity contribution in [2.45, 2.75) is 45.6 Å². The fraction of sp³-hybridized carbons (Fsp3) is 0.379. The molecule has 4 atom stereocenters. The fourth-order valence-corrected chi connectivity index (χ4v) is 6.10. The third-order valence-electron chi connectivity index (χ3n) is 7.94. The summed E-state index contributed by atoms with van der Waals surface area (Å²) in [6.07, 6.45) is 8.61. The minimum absolute atomic E-state index is 0.210. The first kappa shape index (κ1) is 23.6. The van der Waals surface area contributed by atoms with Crippen molar-refractivity contribution in [1.82, 2.24) is 20.2 Å². The molecule has 1 fully saturated rings. The molecule has 8 heteroatoms. The van der Waals surface area contributed by atoms with Crippen molar-refractivity contribution in [2.24, 2.45) is 24.8 Å². The fourth-order valence-electron chi connectivity index (χ4n) is 6.10. The maximum Gasteiger partial charge on any atom is 0.306 e. The van der Waals surface area contributed by atoms with E-state index in [-0.39, 0.29) is 29.7 Å². The Kier molecular flexibility index (Phi) is 5.70. The van der Waals surface area contributed by atoms with Crippen LogP contribution in [0.5, 0.6) is 0 Å². The second kappa shape index (κ2) is 8.94. The molecule has 0 aliphatic heterocycles. The maximum absolute atomic E-state index is 15.2. The molecular weight excluding hydrogens is 471 g/mol. The summed E-state index contributed by atoms with van der Waals surface area (Å²) < 4.78 is 21.5. The van der Waals surface area contributed by atoms with E-state index in [1.165, 1.54) is 4.80 Å². The van der Waals surface area contributed by atoms with E-state index in [2.05, 4.69) is 47.5 Å². The van der Waals surface area contributed by atoms with Gasteiger partial charge in [-0.1, -0.05) is 12.1 Å². The topological polar surface area (TPSA) is 90.1 Å². The minimum atomic E-state index is -0.705. The molecule has 3 aromatic rings. The van der Waals surface area contributed by atoms with E-state index in [9.17, 15) is 9.90 Å². The normalized spacial score (nSPS) is 24.1. The number of nitrogens with zero attached hydrogens (tertiary/aromatic N) is 4. The lowest BCUT2D eigenvalue weighted by Gasteiger charge is -2.21. The van der Waals surface area contributed by atoms with E-state index < -0.39 is 5.97 Å². The molecule has 6 rings (SSSR count). The van der Waals surface area contributed by atoms with Crippen molar-refractivity contribution in [3.05, 3.63) is 76.3 Å². The number of carboxylic acids is 1. The van der Waals surface area contributed by atoms with Gasteiger partial charge >= 0.3 is 5.97 Å². The first-order valence-electron chi connectivity index (χ1n) is 12.7. The quantitative estimate of drug-likeness (QED) is 0.482. The molecular formula is C29H29FN4O3. The van der Waals surface area contributed by atoms with Crippen molar-refractivity contribution < 1.29 is 19.0 Å². The molecule has 1 unspecified atom stereocenters. The van der Waals surface area contributed by atoms with Crippen LogP contribution in [0.1, 0.15) is 47.6 Å². The van der Waals surface area contributed by atoms with Crippen LogP contribution < -0.4 is 0 Å². The monoisotopic (exact) mass is 500 g/mol. The molecule has 190 valence electrons. The van der Waals surface area contributed by atoms with Gasteiger partial charge in [-0.15, -0.1) is 10.2 Å². The molecule has 1 N–H and O–H groups in total. The number of halogens is 1. The zero-order valence-electron chi connectivity index (χ0n) is 21.1. The number of rotatable bonds is 6. The van der Waals surface area contributed by atoms with Gasteiger partial charge in [-0.25, -0.2) is 4.39 Å². The van der Waals surface area contributed by atoms with Crippen LogP contribution in [0.25, 0.3) is 22.5 Å². The molecule has 2 aromatic carbocycles. The van der Waals surface area contributed by atoms with Gasteiger partial charge in [-0.3, -0.25) is 4.79 Å². The van der Waals surface area contributed by atoms with Crippen LogP contribution in [0.2, 0.25) is 0 Å². The number of allylic oxidation sites excluding steroid dienone is 3. The van der Waals surface area contributed by atoms with Gasteiger partial charge in [0.2, 0.25) is 5.82 Å². The average molecular weight is 501 g/mol. The summed E-state index contributed by atoms with van der Waals surface area (Å²) in [5.41, 5.74) is 6.83. The number of hydrogen-bond donors (Lipinski definition) is 1. The highest BCUT2D eigenvalue weighted by Crippen LogP contribution is 2.48. The zero-order valence-corrected chi connectivity index (χ0v) is 21.1. The minimum Gasteiger partial charge on any atom is -0.486 e. The van der Waals surface area contributed by atoms with Gasteiger partial charge in [0.15, 0.2) is 0 Å². The summed E-state index contributed by atoms with van der Waals surface area (Å²) in [4.78, 5) is 12.6. The second-order valence-corrected chi connectivity index (χ2v) is 10.4. The van der Waals surface area contributed by atoms with Crippen LogP contribution in [-0.4, -0.2) is 31.3 Å². The van der Waals surface area contributed by atoms with Crippen molar-refractivity contribution in [2.75, 3.05) is 0 Å². The lowest BCUT2D eigenvalue weighted by atomic mass is 9.89. The average Bonchev–Trinajstić information content (AvgIpc) is 3.38. The third kappa shape index (κ3) is 4.24. The number of fused-ring (bicyclic) bond motifs is 1. The van der Waals surface area contributed by atoms with Crippen LogP contribution in [0.3, 0.4) is 0 Å². The van der Waals surface area contributed by atoms with Gasteiger partial charge < -0.3 is 9.84 Å². The molecule has 3 aliphatic rings. The molecule has 0 saturated heterocycles. The van der Waals surface area contributed by atoms with Gasteiger partial charge in [0, 0.05) is 11.1 Å². The molecule has 0 amide bonds. The number of carboxylic acid groups (broad SMARTS) is 1. The summed E-state index contributed by atoms with van der Waals surface area (Å²) in [6.45, 7) is 4.12. The van der Waals surface area contributed by atoms with Crippen molar-refractivity contribution in [3.8, 4) is 22.5 Å². The van der Waals surface area contributed by atoms with Gasteiger partial charge in [0.05, 0.1) is 13.0 Å². The van der Waals surface area contributed by atoms with Crippen LogP contribution in [0, 0.1) is 37.4 Å². The number of aromatic nitrogens is 4.